The first-order valence-corrected chi connectivity index (χ1v) is 9.27. The maximum Gasteiger partial charge on any atom is 0.416 e. The lowest BCUT2D eigenvalue weighted by Gasteiger charge is -2.22. The SMILES string of the molecule is CCC1=CCN(c2cncc(Nc3ccc(C(F)(F)F)cc3)n2)C(C)=NCC=C1. The van der Waals surface area contributed by atoms with E-state index in [1.165, 1.54) is 23.9 Å². The van der Waals surface area contributed by atoms with Crippen LogP contribution in [0.5, 0.6) is 0 Å². The van der Waals surface area contributed by atoms with Crippen LogP contribution in [-0.2, 0) is 6.18 Å². The van der Waals surface area contributed by atoms with E-state index in [1.807, 2.05) is 17.9 Å². The zero-order chi connectivity index (χ0) is 20.9. The molecule has 0 aliphatic carbocycles. The third-order valence-electron chi connectivity index (χ3n) is 4.48. The maximum atomic E-state index is 12.7. The molecule has 2 heterocycles. The highest BCUT2D eigenvalue weighted by Crippen LogP contribution is 2.30. The summed E-state index contributed by atoms with van der Waals surface area (Å²) in [4.78, 5) is 15.3. The van der Waals surface area contributed by atoms with Crippen LogP contribution in [0, 0.1) is 0 Å². The van der Waals surface area contributed by atoms with Crippen LogP contribution in [0.1, 0.15) is 25.8 Å². The molecular weight excluding hydrogens is 379 g/mol. The smallest absolute Gasteiger partial charge is 0.339 e. The van der Waals surface area contributed by atoms with Gasteiger partial charge in [-0.3, -0.25) is 9.98 Å². The molecule has 1 aliphatic heterocycles. The number of anilines is 3. The van der Waals surface area contributed by atoms with E-state index in [9.17, 15) is 13.2 Å². The second kappa shape index (κ2) is 8.89. The number of nitrogens with one attached hydrogen (secondary N) is 1. The molecule has 0 fully saturated rings. The average Bonchev–Trinajstić information content (AvgIpc) is 2.78. The molecule has 8 heteroatoms. The van der Waals surface area contributed by atoms with Gasteiger partial charge in [-0.1, -0.05) is 30.7 Å². The fourth-order valence-electron chi connectivity index (χ4n) is 2.84. The number of benzene rings is 1. The van der Waals surface area contributed by atoms with Gasteiger partial charge in [0.05, 0.1) is 24.5 Å². The van der Waals surface area contributed by atoms with Gasteiger partial charge in [0.15, 0.2) is 11.6 Å². The topological polar surface area (TPSA) is 53.4 Å². The van der Waals surface area contributed by atoms with E-state index in [-0.39, 0.29) is 0 Å². The van der Waals surface area contributed by atoms with E-state index in [1.54, 1.807) is 6.20 Å². The molecule has 0 atom stereocenters. The molecule has 0 radical (unpaired) electrons. The Balaban J connectivity index is 1.82. The van der Waals surface area contributed by atoms with Gasteiger partial charge in [0.1, 0.15) is 5.84 Å². The minimum atomic E-state index is -4.36. The van der Waals surface area contributed by atoms with Crippen molar-refractivity contribution < 1.29 is 13.2 Å². The Morgan fingerprint density at radius 2 is 1.90 bits per heavy atom. The first-order valence-electron chi connectivity index (χ1n) is 9.27. The van der Waals surface area contributed by atoms with Gasteiger partial charge in [0.2, 0.25) is 0 Å². The van der Waals surface area contributed by atoms with Gasteiger partial charge in [-0.25, -0.2) is 4.98 Å². The summed E-state index contributed by atoms with van der Waals surface area (Å²) in [6.45, 7) is 5.19. The molecule has 0 bridgehead atoms. The normalized spacial score (nSPS) is 15.1. The molecule has 0 amide bonds. The van der Waals surface area contributed by atoms with E-state index in [0.717, 1.165) is 24.4 Å². The fraction of sp³-hybridized carbons (Fsp3) is 0.286. The Kier molecular flexibility index (Phi) is 6.31. The summed E-state index contributed by atoms with van der Waals surface area (Å²) in [7, 11) is 0. The van der Waals surface area contributed by atoms with E-state index >= 15 is 0 Å². The zero-order valence-electron chi connectivity index (χ0n) is 16.2. The Bertz CT molecular complexity index is 930. The summed E-state index contributed by atoms with van der Waals surface area (Å²) in [6, 6.07) is 4.79. The monoisotopic (exact) mass is 401 g/mol. The lowest BCUT2D eigenvalue weighted by atomic mass is 10.1. The van der Waals surface area contributed by atoms with Crippen molar-refractivity contribution >= 4 is 23.2 Å². The molecule has 0 saturated carbocycles. The first-order chi connectivity index (χ1) is 13.9. The largest absolute Gasteiger partial charge is 0.416 e. The first kappa shape index (κ1) is 20.6. The molecule has 152 valence electrons. The third kappa shape index (κ3) is 5.43. The molecule has 29 heavy (non-hydrogen) atoms. The number of rotatable bonds is 4. The number of alkyl halides is 3. The van der Waals surface area contributed by atoms with Crippen LogP contribution in [0.25, 0.3) is 0 Å². The Hall–Kier alpha value is -3.16. The molecule has 1 aromatic carbocycles. The highest BCUT2D eigenvalue weighted by atomic mass is 19.4. The summed E-state index contributed by atoms with van der Waals surface area (Å²) < 4.78 is 38.2. The molecular formula is C21H22F3N5. The number of amidine groups is 1. The van der Waals surface area contributed by atoms with Crippen molar-refractivity contribution in [2.45, 2.75) is 26.4 Å². The summed E-state index contributed by atoms with van der Waals surface area (Å²) >= 11 is 0. The van der Waals surface area contributed by atoms with Crippen LogP contribution in [0.2, 0.25) is 0 Å². The summed E-state index contributed by atoms with van der Waals surface area (Å²) in [5.74, 6) is 1.86. The summed E-state index contributed by atoms with van der Waals surface area (Å²) in [5, 5.41) is 3.00. The number of aromatic nitrogens is 2. The van der Waals surface area contributed by atoms with Crippen LogP contribution < -0.4 is 10.2 Å². The second-order valence-corrected chi connectivity index (χ2v) is 6.50. The molecule has 1 N–H and O–H groups in total. The number of aliphatic imine (C=N–C) groups is 1. The van der Waals surface area contributed by atoms with Crippen LogP contribution in [-0.4, -0.2) is 28.9 Å². The van der Waals surface area contributed by atoms with Gasteiger partial charge >= 0.3 is 6.18 Å². The number of allylic oxidation sites excluding steroid dienone is 2. The number of hydrogen-bond donors (Lipinski definition) is 1. The Labute approximate surface area is 167 Å². The van der Waals surface area contributed by atoms with E-state index in [0.29, 0.717) is 30.4 Å². The highest BCUT2D eigenvalue weighted by Gasteiger charge is 2.29. The van der Waals surface area contributed by atoms with E-state index < -0.39 is 11.7 Å². The molecule has 0 saturated heterocycles. The summed E-state index contributed by atoms with van der Waals surface area (Å²) in [5.41, 5.74) is 1.02. The molecule has 0 unspecified atom stereocenters. The molecule has 0 spiro atoms. The molecule has 1 aliphatic rings. The summed E-state index contributed by atoms with van der Waals surface area (Å²) in [6.07, 6.45) is 5.95. The van der Waals surface area contributed by atoms with Crippen molar-refractivity contribution in [2.75, 3.05) is 23.3 Å². The van der Waals surface area contributed by atoms with Crippen LogP contribution in [0.4, 0.5) is 30.5 Å². The van der Waals surface area contributed by atoms with Crippen molar-refractivity contribution in [3.63, 3.8) is 0 Å². The quantitative estimate of drug-likeness (QED) is 0.748. The highest BCUT2D eigenvalue weighted by molar-refractivity contribution is 5.95. The van der Waals surface area contributed by atoms with Crippen LogP contribution >= 0.6 is 0 Å². The van der Waals surface area contributed by atoms with Crippen molar-refractivity contribution in [3.8, 4) is 0 Å². The van der Waals surface area contributed by atoms with Gasteiger partial charge in [-0.15, -0.1) is 0 Å². The fourth-order valence-corrected chi connectivity index (χ4v) is 2.84. The Morgan fingerprint density at radius 3 is 2.59 bits per heavy atom. The zero-order valence-corrected chi connectivity index (χ0v) is 16.2. The van der Waals surface area contributed by atoms with Gasteiger partial charge in [-0.05, 0) is 37.6 Å². The molecule has 5 nitrogen and oxygen atoms in total. The van der Waals surface area contributed by atoms with Crippen LogP contribution in [0.15, 0.2) is 65.5 Å². The molecule has 3 rings (SSSR count). The molecule has 2 aromatic rings. The molecule has 1 aromatic heterocycles. The number of halogens is 3. The lowest BCUT2D eigenvalue weighted by Crippen LogP contribution is -2.30. The predicted octanol–water partition coefficient (Wildman–Crippen LogP) is 5.37. The number of nitrogens with zero attached hydrogens (tertiary/aromatic N) is 4. The Morgan fingerprint density at radius 1 is 1.14 bits per heavy atom. The third-order valence-corrected chi connectivity index (χ3v) is 4.48. The minimum absolute atomic E-state index is 0.438. The average molecular weight is 401 g/mol. The van der Waals surface area contributed by atoms with Gasteiger partial charge in [0, 0.05) is 12.2 Å². The van der Waals surface area contributed by atoms with Gasteiger partial charge in [-0.2, -0.15) is 13.2 Å². The second-order valence-electron chi connectivity index (χ2n) is 6.50. The van der Waals surface area contributed by atoms with Crippen molar-refractivity contribution in [3.05, 3.63) is 66.0 Å². The van der Waals surface area contributed by atoms with E-state index in [4.69, 9.17) is 0 Å². The van der Waals surface area contributed by atoms with Crippen molar-refractivity contribution in [1.29, 1.82) is 0 Å². The van der Waals surface area contributed by atoms with E-state index in [2.05, 4.69) is 39.4 Å². The predicted molar refractivity (Wildman–Crippen MR) is 110 cm³/mol. The van der Waals surface area contributed by atoms with Crippen molar-refractivity contribution in [1.82, 2.24) is 9.97 Å². The van der Waals surface area contributed by atoms with Crippen LogP contribution in [0.3, 0.4) is 0 Å². The minimum Gasteiger partial charge on any atom is -0.339 e. The lowest BCUT2D eigenvalue weighted by molar-refractivity contribution is -0.137. The standard InChI is InChI=1S/C21H22F3N5/c1-3-16-5-4-11-26-15(2)29(12-10-16)20-14-25-13-19(28-20)27-18-8-6-17(7-9-18)21(22,23)24/h4-10,13-14H,3,11-12H2,1-2H3,(H,27,28). The maximum absolute atomic E-state index is 12.7. The van der Waals surface area contributed by atoms with Crippen molar-refractivity contribution in [2.24, 2.45) is 4.99 Å². The number of hydrogen-bond acceptors (Lipinski definition) is 5. The van der Waals surface area contributed by atoms with Gasteiger partial charge < -0.3 is 10.2 Å². The van der Waals surface area contributed by atoms with Gasteiger partial charge in [0.25, 0.3) is 0 Å².